The van der Waals surface area contributed by atoms with Crippen LogP contribution in [0.25, 0.3) is 0 Å². The molecule has 0 bridgehead atoms. The van der Waals surface area contributed by atoms with Crippen LogP contribution in [0.15, 0.2) is 23.2 Å². The van der Waals surface area contributed by atoms with Crippen molar-refractivity contribution in [1.29, 1.82) is 0 Å². The van der Waals surface area contributed by atoms with Crippen molar-refractivity contribution in [3.63, 3.8) is 0 Å². The number of aliphatic imine (C=N–C) groups is 1. The van der Waals surface area contributed by atoms with Crippen molar-refractivity contribution in [2.24, 2.45) is 10.9 Å². The SMILES string of the molecule is CCOC(=O)C1CCC(NC(=NC)NCc2ccc(F)c(COC)c2)CC1.I. The van der Waals surface area contributed by atoms with Gasteiger partial charge in [0.2, 0.25) is 0 Å². The lowest BCUT2D eigenvalue weighted by atomic mass is 9.86. The Morgan fingerprint density at radius 1 is 1.29 bits per heavy atom. The fraction of sp³-hybridized carbons (Fsp3) is 0.600. The van der Waals surface area contributed by atoms with Gasteiger partial charge in [0.25, 0.3) is 0 Å². The Labute approximate surface area is 183 Å². The number of methoxy groups -OCH3 is 1. The van der Waals surface area contributed by atoms with Gasteiger partial charge in [-0.1, -0.05) is 6.07 Å². The summed E-state index contributed by atoms with van der Waals surface area (Å²) in [5.74, 6) is 0.367. The molecule has 0 spiro atoms. The summed E-state index contributed by atoms with van der Waals surface area (Å²) in [4.78, 5) is 16.1. The second-order valence-corrected chi connectivity index (χ2v) is 6.73. The van der Waals surface area contributed by atoms with Crippen molar-refractivity contribution in [3.8, 4) is 0 Å². The maximum atomic E-state index is 13.7. The van der Waals surface area contributed by atoms with Crippen LogP contribution in [0.4, 0.5) is 4.39 Å². The maximum Gasteiger partial charge on any atom is 0.308 e. The van der Waals surface area contributed by atoms with Crippen LogP contribution in [-0.2, 0) is 27.4 Å². The first-order valence-electron chi connectivity index (χ1n) is 9.47. The third kappa shape index (κ3) is 7.54. The quantitative estimate of drug-likeness (QED) is 0.256. The van der Waals surface area contributed by atoms with Gasteiger partial charge in [-0.15, -0.1) is 24.0 Å². The molecule has 2 N–H and O–H groups in total. The fourth-order valence-corrected chi connectivity index (χ4v) is 3.31. The lowest BCUT2D eigenvalue weighted by Gasteiger charge is -2.29. The Balaban J connectivity index is 0.00000392. The number of nitrogens with zero attached hydrogens (tertiary/aromatic N) is 1. The summed E-state index contributed by atoms with van der Waals surface area (Å²) in [5.41, 5.74) is 1.49. The summed E-state index contributed by atoms with van der Waals surface area (Å²) in [6, 6.07) is 5.28. The standard InChI is InChI=1S/C20H30FN3O3.HI/c1-4-27-19(25)15-6-8-17(9-7-15)24-20(22-2)23-12-14-5-10-18(21)16(11-14)13-26-3;/h5,10-11,15,17H,4,6-9,12-13H2,1-3H3,(H2,22,23,24);1H. The molecule has 1 fully saturated rings. The third-order valence-electron chi connectivity index (χ3n) is 4.78. The molecule has 8 heteroatoms. The van der Waals surface area contributed by atoms with E-state index >= 15 is 0 Å². The summed E-state index contributed by atoms with van der Waals surface area (Å²) in [7, 11) is 3.27. The predicted octanol–water partition coefficient (Wildman–Crippen LogP) is 3.38. The van der Waals surface area contributed by atoms with Crippen molar-refractivity contribution in [3.05, 3.63) is 35.1 Å². The van der Waals surface area contributed by atoms with Crippen molar-refractivity contribution in [2.45, 2.75) is 51.8 Å². The second-order valence-electron chi connectivity index (χ2n) is 6.73. The number of carbonyl (C=O) groups is 1. The van der Waals surface area contributed by atoms with Gasteiger partial charge in [-0.3, -0.25) is 9.79 Å². The first kappa shape index (κ1) is 24.6. The average molecular weight is 507 g/mol. The van der Waals surface area contributed by atoms with Crippen molar-refractivity contribution in [2.75, 3.05) is 20.8 Å². The Kier molecular flexibility index (Phi) is 11.4. The number of hydrogen-bond donors (Lipinski definition) is 2. The highest BCUT2D eigenvalue weighted by Crippen LogP contribution is 2.25. The first-order chi connectivity index (χ1) is 13.1. The first-order valence-corrected chi connectivity index (χ1v) is 9.47. The number of nitrogens with one attached hydrogen (secondary N) is 2. The van der Waals surface area contributed by atoms with E-state index in [0.717, 1.165) is 31.2 Å². The molecule has 0 aromatic heterocycles. The van der Waals surface area contributed by atoms with Gasteiger partial charge in [0.05, 0.1) is 19.1 Å². The number of ether oxygens (including phenoxy) is 2. The molecular formula is C20H31FIN3O3. The van der Waals surface area contributed by atoms with Crippen LogP contribution in [0.5, 0.6) is 0 Å². The minimum Gasteiger partial charge on any atom is -0.466 e. The summed E-state index contributed by atoms with van der Waals surface area (Å²) < 4.78 is 23.8. The van der Waals surface area contributed by atoms with Gasteiger partial charge in [0.1, 0.15) is 5.82 Å². The molecule has 0 amide bonds. The lowest BCUT2D eigenvalue weighted by Crippen LogP contribution is -2.45. The number of rotatable bonds is 7. The molecule has 0 unspecified atom stereocenters. The van der Waals surface area contributed by atoms with E-state index in [2.05, 4.69) is 15.6 Å². The van der Waals surface area contributed by atoms with Crippen LogP contribution in [0.1, 0.15) is 43.7 Å². The van der Waals surface area contributed by atoms with Gasteiger partial charge >= 0.3 is 5.97 Å². The molecule has 1 aliphatic carbocycles. The van der Waals surface area contributed by atoms with Gasteiger partial charge < -0.3 is 20.1 Å². The zero-order valence-corrected chi connectivity index (χ0v) is 19.1. The molecule has 1 aliphatic rings. The Morgan fingerprint density at radius 2 is 2.00 bits per heavy atom. The van der Waals surface area contributed by atoms with Crippen molar-refractivity contribution in [1.82, 2.24) is 10.6 Å². The minimum absolute atomic E-state index is 0. The average Bonchev–Trinajstić information content (AvgIpc) is 2.68. The Morgan fingerprint density at radius 3 is 2.61 bits per heavy atom. The topological polar surface area (TPSA) is 72.0 Å². The van der Waals surface area contributed by atoms with Crippen molar-refractivity contribution >= 4 is 35.9 Å². The molecule has 0 radical (unpaired) electrons. The normalized spacial score (nSPS) is 19.5. The van der Waals surface area contributed by atoms with E-state index in [9.17, 15) is 9.18 Å². The molecule has 0 atom stereocenters. The summed E-state index contributed by atoms with van der Waals surface area (Å²) in [6.07, 6.45) is 3.45. The number of guanidine groups is 1. The smallest absolute Gasteiger partial charge is 0.308 e. The number of esters is 1. The lowest BCUT2D eigenvalue weighted by molar-refractivity contribution is -0.149. The van der Waals surface area contributed by atoms with Gasteiger partial charge in [-0.25, -0.2) is 4.39 Å². The molecule has 158 valence electrons. The summed E-state index contributed by atoms with van der Waals surface area (Å²) in [5, 5.41) is 6.67. The minimum atomic E-state index is -0.263. The van der Waals surface area contributed by atoms with E-state index in [4.69, 9.17) is 9.47 Å². The van der Waals surface area contributed by atoms with Gasteiger partial charge in [0.15, 0.2) is 5.96 Å². The molecule has 6 nitrogen and oxygen atoms in total. The van der Waals surface area contributed by atoms with Gasteiger partial charge in [0, 0.05) is 32.3 Å². The number of carbonyl (C=O) groups excluding carboxylic acids is 1. The highest BCUT2D eigenvalue weighted by atomic mass is 127. The van der Waals surface area contributed by atoms with Crippen LogP contribution in [0, 0.1) is 11.7 Å². The molecule has 0 saturated heterocycles. The zero-order valence-electron chi connectivity index (χ0n) is 16.8. The monoisotopic (exact) mass is 507 g/mol. The van der Waals surface area contributed by atoms with E-state index in [0.29, 0.717) is 24.7 Å². The molecule has 28 heavy (non-hydrogen) atoms. The number of benzene rings is 1. The van der Waals surface area contributed by atoms with Crippen LogP contribution in [0.3, 0.4) is 0 Å². The number of hydrogen-bond acceptors (Lipinski definition) is 4. The molecular weight excluding hydrogens is 476 g/mol. The molecule has 2 rings (SSSR count). The molecule has 0 heterocycles. The van der Waals surface area contributed by atoms with E-state index in [-0.39, 0.29) is 54.3 Å². The highest BCUT2D eigenvalue weighted by molar-refractivity contribution is 14.0. The summed E-state index contributed by atoms with van der Waals surface area (Å²) >= 11 is 0. The molecule has 1 saturated carbocycles. The van der Waals surface area contributed by atoms with Crippen LogP contribution in [0.2, 0.25) is 0 Å². The number of halogens is 2. The van der Waals surface area contributed by atoms with Crippen molar-refractivity contribution < 1.29 is 18.7 Å². The third-order valence-corrected chi connectivity index (χ3v) is 4.78. The summed E-state index contributed by atoms with van der Waals surface area (Å²) in [6.45, 7) is 3.05. The zero-order chi connectivity index (χ0) is 19.6. The van der Waals surface area contributed by atoms with Gasteiger partial charge in [-0.05, 0) is 50.3 Å². The highest BCUT2D eigenvalue weighted by Gasteiger charge is 2.27. The van der Waals surface area contributed by atoms with E-state index in [1.165, 1.54) is 6.07 Å². The maximum absolute atomic E-state index is 13.7. The molecule has 1 aromatic rings. The fourth-order valence-electron chi connectivity index (χ4n) is 3.31. The van der Waals surface area contributed by atoms with Crippen LogP contribution < -0.4 is 10.6 Å². The van der Waals surface area contributed by atoms with E-state index in [1.807, 2.05) is 6.92 Å². The molecule has 1 aromatic carbocycles. The van der Waals surface area contributed by atoms with Gasteiger partial charge in [-0.2, -0.15) is 0 Å². The Hall–Kier alpha value is -1.42. The van der Waals surface area contributed by atoms with E-state index < -0.39 is 0 Å². The van der Waals surface area contributed by atoms with Crippen LogP contribution >= 0.6 is 24.0 Å². The predicted molar refractivity (Wildman–Crippen MR) is 118 cm³/mol. The Bertz CT molecular complexity index is 650. The molecule has 0 aliphatic heterocycles. The largest absolute Gasteiger partial charge is 0.466 e. The van der Waals surface area contributed by atoms with Crippen LogP contribution in [-0.4, -0.2) is 38.7 Å². The van der Waals surface area contributed by atoms with E-state index in [1.54, 1.807) is 26.3 Å². The second kappa shape index (κ2) is 12.9.